The molecule has 0 fully saturated rings. The molecule has 0 saturated carbocycles. The minimum Gasteiger partial charge on any atom is -0.497 e. The predicted molar refractivity (Wildman–Crippen MR) is 109 cm³/mol. The predicted octanol–water partition coefficient (Wildman–Crippen LogP) is 4.39. The Morgan fingerprint density at radius 2 is 1.67 bits per heavy atom. The van der Waals surface area contributed by atoms with Crippen LogP contribution in [0.3, 0.4) is 0 Å². The van der Waals surface area contributed by atoms with Crippen molar-refractivity contribution in [1.82, 2.24) is 4.98 Å². The van der Waals surface area contributed by atoms with Crippen LogP contribution in [0.1, 0.15) is 5.56 Å². The Hall–Kier alpha value is -3.54. The molecule has 0 radical (unpaired) electrons. The van der Waals surface area contributed by atoms with Crippen LogP contribution in [-0.4, -0.2) is 24.7 Å². The summed E-state index contributed by atoms with van der Waals surface area (Å²) in [6.07, 6.45) is 2.51. The lowest BCUT2D eigenvalue weighted by atomic mass is 10.1. The van der Waals surface area contributed by atoms with E-state index >= 15 is 0 Å². The lowest BCUT2D eigenvalue weighted by Gasteiger charge is -2.09. The number of amides is 2. The Morgan fingerprint density at radius 1 is 0.926 bits per heavy atom. The van der Waals surface area contributed by atoms with Crippen LogP contribution in [0.5, 0.6) is 5.75 Å². The highest BCUT2D eigenvalue weighted by Gasteiger charge is 2.03. The fourth-order valence-corrected chi connectivity index (χ4v) is 2.51. The first-order valence-electron chi connectivity index (χ1n) is 8.69. The summed E-state index contributed by atoms with van der Waals surface area (Å²) in [6, 6.07) is 20.6. The number of nitrogens with zero attached hydrogens (tertiary/aromatic N) is 1. The van der Waals surface area contributed by atoms with Crippen molar-refractivity contribution < 1.29 is 9.53 Å². The fraction of sp³-hybridized carbons (Fsp3) is 0.143. The molecule has 0 aliphatic rings. The van der Waals surface area contributed by atoms with Gasteiger partial charge in [0.25, 0.3) is 0 Å². The van der Waals surface area contributed by atoms with Gasteiger partial charge >= 0.3 is 6.03 Å². The molecule has 138 valence electrons. The van der Waals surface area contributed by atoms with Gasteiger partial charge in [0, 0.05) is 12.2 Å². The van der Waals surface area contributed by atoms with Gasteiger partial charge in [-0.1, -0.05) is 30.3 Å². The molecule has 0 atom stereocenters. The van der Waals surface area contributed by atoms with E-state index in [2.05, 4.69) is 20.9 Å². The molecule has 3 N–H and O–H groups in total. The van der Waals surface area contributed by atoms with E-state index in [1.807, 2.05) is 66.7 Å². The lowest BCUT2D eigenvalue weighted by Crippen LogP contribution is -2.19. The van der Waals surface area contributed by atoms with Crippen LogP contribution in [0.4, 0.5) is 22.0 Å². The van der Waals surface area contributed by atoms with Gasteiger partial charge in [-0.25, -0.2) is 9.78 Å². The minimum atomic E-state index is -0.303. The van der Waals surface area contributed by atoms with E-state index in [-0.39, 0.29) is 6.03 Å². The van der Waals surface area contributed by atoms with Gasteiger partial charge < -0.3 is 20.7 Å². The number of aromatic nitrogens is 1. The zero-order valence-corrected chi connectivity index (χ0v) is 15.1. The normalized spacial score (nSPS) is 10.1. The maximum Gasteiger partial charge on any atom is 0.323 e. The second-order valence-electron chi connectivity index (χ2n) is 5.90. The molecule has 0 spiro atoms. The van der Waals surface area contributed by atoms with E-state index in [1.54, 1.807) is 13.3 Å². The number of ether oxygens (including phenoxy) is 1. The molecule has 2 aromatic carbocycles. The highest BCUT2D eigenvalue weighted by molar-refractivity contribution is 5.99. The average Bonchev–Trinajstić information content (AvgIpc) is 2.70. The molecule has 3 aromatic rings. The summed E-state index contributed by atoms with van der Waals surface area (Å²) in [5.74, 6) is 1.62. The number of carbonyl (C=O) groups excluding carboxylic acids is 1. The van der Waals surface area contributed by atoms with Crippen molar-refractivity contribution in [3.63, 3.8) is 0 Å². The number of methoxy groups -OCH3 is 1. The molecule has 2 amide bonds. The van der Waals surface area contributed by atoms with Gasteiger partial charge in [-0.15, -0.1) is 0 Å². The smallest absolute Gasteiger partial charge is 0.323 e. The van der Waals surface area contributed by atoms with Crippen molar-refractivity contribution in [3.05, 3.63) is 78.5 Å². The van der Waals surface area contributed by atoms with Gasteiger partial charge in [0.05, 0.1) is 19.0 Å². The molecule has 3 rings (SSSR count). The van der Waals surface area contributed by atoms with E-state index in [0.717, 1.165) is 30.2 Å². The number of anilines is 3. The standard InChI is InChI=1S/C21H22N4O2/c1-27-19-10-7-16(8-11-19)13-14-22-20-12-9-18(15-23-20)25-21(26)24-17-5-3-2-4-6-17/h2-12,15H,13-14H2,1H3,(H,22,23)(H2,24,25,26). The van der Waals surface area contributed by atoms with Crippen molar-refractivity contribution >= 4 is 23.2 Å². The first kappa shape index (κ1) is 18.3. The van der Waals surface area contributed by atoms with Gasteiger partial charge in [-0.05, 0) is 48.4 Å². The minimum absolute atomic E-state index is 0.303. The van der Waals surface area contributed by atoms with Crippen LogP contribution in [0.25, 0.3) is 0 Å². The van der Waals surface area contributed by atoms with Crippen LogP contribution in [0, 0.1) is 0 Å². The third-order valence-electron chi connectivity index (χ3n) is 3.93. The number of nitrogens with one attached hydrogen (secondary N) is 3. The molecule has 1 aromatic heterocycles. The van der Waals surface area contributed by atoms with Gasteiger partial charge in [-0.2, -0.15) is 0 Å². The Bertz CT molecular complexity index is 850. The molecular weight excluding hydrogens is 340 g/mol. The van der Waals surface area contributed by atoms with E-state index in [9.17, 15) is 4.79 Å². The second-order valence-corrected chi connectivity index (χ2v) is 5.90. The maximum atomic E-state index is 12.0. The molecule has 6 nitrogen and oxygen atoms in total. The number of hydrogen-bond acceptors (Lipinski definition) is 4. The zero-order chi connectivity index (χ0) is 18.9. The molecule has 1 heterocycles. The summed E-state index contributed by atoms with van der Waals surface area (Å²) in [4.78, 5) is 16.3. The largest absolute Gasteiger partial charge is 0.497 e. The summed E-state index contributed by atoms with van der Waals surface area (Å²) in [5.41, 5.74) is 2.59. The van der Waals surface area contributed by atoms with Crippen molar-refractivity contribution in [2.24, 2.45) is 0 Å². The SMILES string of the molecule is COc1ccc(CCNc2ccc(NC(=O)Nc3ccccc3)cn2)cc1. The summed E-state index contributed by atoms with van der Waals surface area (Å²) in [7, 11) is 1.66. The Labute approximate surface area is 158 Å². The van der Waals surface area contributed by atoms with Crippen LogP contribution in [-0.2, 0) is 6.42 Å². The average molecular weight is 362 g/mol. The third kappa shape index (κ3) is 5.74. The molecule has 0 aliphatic carbocycles. The van der Waals surface area contributed by atoms with Gasteiger partial charge in [0.1, 0.15) is 11.6 Å². The molecule has 27 heavy (non-hydrogen) atoms. The topological polar surface area (TPSA) is 75.3 Å². The van der Waals surface area contributed by atoms with Gasteiger partial charge in [0.2, 0.25) is 0 Å². The fourth-order valence-electron chi connectivity index (χ4n) is 2.51. The van der Waals surface area contributed by atoms with E-state index in [0.29, 0.717) is 5.69 Å². The maximum absolute atomic E-state index is 12.0. The number of rotatable bonds is 7. The van der Waals surface area contributed by atoms with Crippen molar-refractivity contribution in [1.29, 1.82) is 0 Å². The zero-order valence-electron chi connectivity index (χ0n) is 15.1. The summed E-state index contributed by atoms with van der Waals surface area (Å²) >= 11 is 0. The van der Waals surface area contributed by atoms with Crippen LogP contribution in [0.15, 0.2) is 72.9 Å². The Balaban J connectivity index is 1.44. The van der Waals surface area contributed by atoms with Crippen molar-refractivity contribution in [3.8, 4) is 5.75 Å². The van der Waals surface area contributed by atoms with E-state index in [4.69, 9.17) is 4.74 Å². The van der Waals surface area contributed by atoms with E-state index < -0.39 is 0 Å². The molecule has 0 saturated heterocycles. The van der Waals surface area contributed by atoms with Crippen LogP contribution < -0.4 is 20.7 Å². The highest BCUT2D eigenvalue weighted by Crippen LogP contribution is 2.13. The van der Waals surface area contributed by atoms with Gasteiger partial charge in [0.15, 0.2) is 0 Å². The Kier molecular flexibility index (Phi) is 6.25. The number of benzene rings is 2. The Morgan fingerprint density at radius 3 is 2.33 bits per heavy atom. The van der Waals surface area contributed by atoms with E-state index in [1.165, 1.54) is 5.56 Å². The quantitative estimate of drug-likeness (QED) is 0.583. The van der Waals surface area contributed by atoms with Crippen molar-refractivity contribution in [2.75, 3.05) is 29.6 Å². The first-order valence-corrected chi connectivity index (χ1v) is 8.69. The number of urea groups is 1. The number of para-hydroxylation sites is 1. The second kappa shape index (κ2) is 9.24. The van der Waals surface area contributed by atoms with Crippen LogP contribution >= 0.6 is 0 Å². The summed E-state index contributed by atoms with van der Waals surface area (Å²) in [5, 5.41) is 8.79. The number of carbonyl (C=O) groups is 1. The summed E-state index contributed by atoms with van der Waals surface area (Å²) < 4.78 is 5.15. The highest BCUT2D eigenvalue weighted by atomic mass is 16.5. The molecule has 0 bridgehead atoms. The number of pyridine rings is 1. The monoisotopic (exact) mass is 362 g/mol. The molecular formula is C21H22N4O2. The third-order valence-corrected chi connectivity index (χ3v) is 3.93. The molecule has 0 aliphatic heterocycles. The van der Waals surface area contributed by atoms with Crippen LogP contribution in [0.2, 0.25) is 0 Å². The lowest BCUT2D eigenvalue weighted by molar-refractivity contribution is 0.262. The number of hydrogen-bond donors (Lipinski definition) is 3. The first-order chi connectivity index (χ1) is 13.2. The van der Waals surface area contributed by atoms with Gasteiger partial charge in [-0.3, -0.25) is 0 Å². The molecule has 0 unspecified atom stereocenters. The molecule has 6 heteroatoms. The summed E-state index contributed by atoms with van der Waals surface area (Å²) in [6.45, 7) is 0.764. The van der Waals surface area contributed by atoms with Crippen molar-refractivity contribution in [2.45, 2.75) is 6.42 Å².